The van der Waals surface area contributed by atoms with E-state index in [0.717, 1.165) is 17.6 Å². The molecule has 0 saturated heterocycles. The van der Waals surface area contributed by atoms with Gasteiger partial charge in [0.1, 0.15) is 17.2 Å². The lowest BCUT2D eigenvalue weighted by Crippen LogP contribution is -2.39. The molecule has 1 aliphatic rings. The molecule has 0 amide bonds. The molecule has 0 fully saturated rings. The predicted octanol–water partition coefficient (Wildman–Crippen LogP) is 4.14. The Labute approximate surface area is 170 Å². The second-order valence-electron chi connectivity index (χ2n) is 7.68. The first-order valence-electron chi connectivity index (χ1n) is 9.71. The van der Waals surface area contributed by atoms with Crippen LogP contribution < -0.4 is 4.90 Å². The molecule has 2 aromatic heterocycles. The molecular weight excluding hydrogens is 392 g/mol. The van der Waals surface area contributed by atoms with Gasteiger partial charge >= 0.3 is 5.97 Å². The van der Waals surface area contributed by atoms with Crippen LogP contribution in [0.1, 0.15) is 17.7 Å². The normalized spacial score (nSPS) is 16.2. The van der Waals surface area contributed by atoms with E-state index in [0.29, 0.717) is 41.0 Å². The van der Waals surface area contributed by atoms with E-state index < -0.39 is 5.97 Å². The third-order valence-corrected chi connectivity index (χ3v) is 5.87. The third-order valence-electron chi connectivity index (χ3n) is 5.87. The molecule has 6 nitrogen and oxygen atoms in total. The molecular formula is C22H19F2N3O3. The van der Waals surface area contributed by atoms with Crippen LogP contribution in [-0.2, 0) is 24.2 Å². The Kier molecular flexibility index (Phi) is 4.23. The number of hydrogen-bond donors (Lipinski definition) is 1. The van der Waals surface area contributed by atoms with Crippen molar-refractivity contribution in [3.8, 4) is 0 Å². The molecule has 3 heterocycles. The maximum Gasteiger partial charge on any atom is 0.307 e. The molecule has 0 saturated carbocycles. The average Bonchev–Trinajstić information content (AvgIpc) is 3.26. The summed E-state index contributed by atoms with van der Waals surface area (Å²) in [6.45, 7) is 0.584. The first-order chi connectivity index (χ1) is 14.4. The summed E-state index contributed by atoms with van der Waals surface area (Å²) in [5, 5.41) is 9.98. The van der Waals surface area contributed by atoms with Crippen molar-refractivity contribution in [1.82, 2.24) is 9.55 Å². The van der Waals surface area contributed by atoms with Gasteiger partial charge in [-0.2, -0.15) is 4.98 Å². The standard InChI is InChI=1S/C22H19F2N3O3/c1-26(22-25-17-9-13(24)3-7-20(17)30-22)14-4-6-19-16(10-21(28)29)15-8-12(23)2-5-18(15)27(19)11-14/h2-3,5,7-9,14H,4,6,10-11H2,1H3,(H,28,29). The predicted molar refractivity (Wildman–Crippen MR) is 108 cm³/mol. The lowest BCUT2D eigenvalue weighted by Gasteiger charge is -2.32. The van der Waals surface area contributed by atoms with Gasteiger partial charge in [-0.25, -0.2) is 8.78 Å². The first-order valence-corrected chi connectivity index (χ1v) is 9.71. The van der Waals surface area contributed by atoms with Crippen molar-refractivity contribution in [2.75, 3.05) is 11.9 Å². The largest absolute Gasteiger partial charge is 0.481 e. The molecule has 0 bridgehead atoms. The fraction of sp³-hybridized carbons (Fsp3) is 0.273. The van der Waals surface area contributed by atoms with Crippen molar-refractivity contribution in [3.05, 3.63) is 59.3 Å². The van der Waals surface area contributed by atoms with Gasteiger partial charge in [-0.3, -0.25) is 4.79 Å². The first kappa shape index (κ1) is 18.6. The number of oxazole rings is 1. The summed E-state index contributed by atoms with van der Waals surface area (Å²) in [7, 11) is 1.88. The van der Waals surface area contributed by atoms with Crippen LogP contribution >= 0.6 is 0 Å². The van der Waals surface area contributed by atoms with Gasteiger partial charge in [-0.1, -0.05) is 0 Å². The second kappa shape index (κ2) is 6.83. The number of carboxylic acids is 1. The number of fused-ring (bicyclic) bond motifs is 4. The highest BCUT2D eigenvalue weighted by molar-refractivity contribution is 5.89. The minimum atomic E-state index is -0.937. The summed E-state index contributed by atoms with van der Waals surface area (Å²) in [4.78, 5) is 17.7. The number of carboxylic acid groups (broad SMARTS) is 1. The Bertz CT molecular complexity index is 1290. The number of aromatic nitrogens is 2. The lowest BCUT2D eigenvalue weighted by molar-refractivity contribution is -0.136. The number of aliphatic carboxylic acids is 1. The monoisotopic (exact) mass is 411 g/mol. The number of halogens is 2. The SMILES string of the molecule is CN(c1nc2cc(F)ccc2o1)C1CCc2c(CC(=O)O)c3cc(F)ccc3n2C1. The topological polar surface area (TPSA) is 71.5 Å². The highest BCUT2D eigenvalue weighted by Crippen LogP contribution is 2.34. The Morgan fingerprint density at radius 2 is 2.03 bits per heavy atom. The molecule has 1 aliphatic heterocycles. The van der Waals surface area contributed by atoms with Gasteiger partial charge < -0.3 is 19.0 Å². The van der Waals surface area contributed by atoms with Gasteiger partial charge in [0.15, 0.2) is 5.58 Å². The van der Waals surface area contributed by atoms with Crippen LogP contribution in [0.3, 0.4) is 0 Å². The third kappa shape index (κ3) is 2.99. The van der Waals surface area contributed by atoms with E-state index in [2.05, 4.69) is 9.55 Å². The Hall–Kier alpha value is -3.42. The van der Waals surface area contributed by atoms with Crippen molar-refractivity contribution in [2.45, 2.75) is 31.8 Å². The minimum absolute atomic E-state index is 0.0359. The molecule has 0 radical (unpaired) electrons. The van der Waals surface area contributed by atoms with E-state index in [1.165, 1.54) is 24.3 Å². The Balaban J connectivity index is 1.52. The van der Waals surface area contributed by atoms with Gasteiger partial charge in [-0.15, -0.1) is 0 Å². The van der Waals surface area contributed by atoms with Gasteiger partial charge in [0.25, 0.3) is 6.01 Å². The van der Waals surface area contributed by atoms with Crippen molar-refractivity contribution >= 4 is 34.0 Å². The summed E-state index contributed by atoms with van der Waals surface area (Å²) in [5.74, 6) is -1.69. The van der Waals surface area contributed by atoms with Crippen LogP contribution in [0.5, 0.6) is 0 Å². The van der Waals surface area contributed by atoms with Crippen LogP contribution in [0.15, 0.2) is 40.8 Å². The fourth-order valence-electron chi connectivity index (χ4n) is 4.41. The van der Waals surface area contributed by atoms with E-state index >= 15 is 0 Å². The minimum Gasteiger partial charge on any atom is -0.481 e. The summed E-state index contributed by atoms with van der Waals surface area (Å²) in [6, 6.07) is 9.16. The molecule has 154 valence electrons. The molecule has 1 N–H and O–H groups in total. The van der Waals surface area contributed by atoms with Gasteiger partial charge in [0.05, 0.1) is 12.5 Å². The molecule has 8 heteroatoms. The van der Waals surface area contributed by atoms with Crippen LogP contribution in [0, 0.1) is 11.6 Å². The van der Waals surface area contributed by atoms with Crippen molar-refractivity contribution < 1.29 is 23.1 Å². The number of nitrogens with zero attached hydrogens (tertiary/aromatic N) is 3. The number of hydrogen-bond acceptors (Lipinski definition) is 4. The van der Waals surface area contributed by atoms with Gasteiger partial charge in [0, 0.05) is 36.3 Å². The molecule has 2 aromatic carbocycles. The highest BCUT2D eigenvalue weighted by Gasteiger charge is 2.29. The average molecular weight is 411 g/mol. The number of benzene rings is 2. The number of carbonyl (C=O) groups is 1. The summed E-state index contributed by atoms with van der Waals surface area (Å²) in [5.41, 5.74) is 3.40. The summed E-state index contributed by atoms with van der Waals surface area (Å²) in [6.07, 6.45) is 1.28. The summed E-state index contributed by atoms with van der Waals surface area (Å²) < 4.78 is 35.2. The van der Waals surface area contributed by atoms with Gasteiger partial charge in [-0.05, 0) is 48.7 Å². The lowest BCUT2D eigenvalue weighted by atomic mass is 9.99. The fourth-order valence-corrected chi connectivity index (χ4v) is 4.41. The molecule has 1 unspecified atom stereocenters. The zero-order chi connectivity index (χ0) is 21.0. The van der Waals surface area contributed by atoms with Crippen LogP contribution in [-0.4, -0.2) is 33.7 Å². The smallest absolute Gasteiger partial charge is 0.307 e. The number of anilines is 1. The number of rotatable bonds is 4. The maximum absolute atomic E-state index is 13.9. The van der Waals surface area contributed by atoms with Crippen molar-refractivity contribution in [2.24, 2.45) is 0 Å². The highest BCUT2D eigenvalue weighted by atomic mass is 19.1. The van der Waals surface area contributed by atoms with E-state index in [1.807, 2.05) is 11.9 Å². The summed E-state index contributed by atoms with van der Waals surface area (Å²) >= 11 is 0. The zero-order valence-corrected chi connectivity index (χ0v) is 16.2. The molecule has 5 rings (SSSR count). The Morgan fingerprint density at radius 1 is 1.27 bits per heavy atom. The number of likely N-dealkylation sites (N-methyl/N-ethyl adjacent to an activating group) is 1. The molecule has 1 atom stereocenters. The molecule has 30 heavy (non-hydrogen) atoms. The Morgan fingerprint density at radius 3 is 2.83 bits per heavy atom. The van der Waals surface area contributed by atoms with E-state index in [4.69, 9.17) is 4.42 Å². The maximum atomic E-state index is 13.9. The van der Waals surface area contributed by atoms with Crippen LogP contribution in [0.25, 0.3) is 22.0 Å². The van der Waals surface area contributed by atoms with Gasteiger partial charge in [0.2, 0.25) is 0 Å². The van der Waals surface area contributed by atoms with E-state index in [-0.39, 0.29) is 24.1 Å². The molecule has 4 aromatic rings. The quantitative estimate of drug-likeness (QED) is 0.547. The van der Waals surface area contributed by atoms with E-state index in [9.17, 15) is 18.7 Å². The van der Waals surface area contributed by atoms with Crippen LogP contribution in [0.4, 0.5) is 14.8 Å². The van der Waals surface area contributed by atoms with E-state index in [1.54, 1.807) is 12.1 Å². The van der Waals surface area contributed by atoms with Crippen LogP contribution in [0.2, 0.25) is 0 Å². The molecule has 0 spiro atoms. The zero-order valence-electron chi connectivity index (χ0n) is 16.2. The van der Waals surface area contributed by atoms with Crippen molar-refractivity contribution in [1.29, 1.82) is 0 Å². The van der Waals surface area contributed by atoms with Crippen molar-refractivity contribution in [3.63, 3.8) is 0 Å². The molecule has 0 aliphatic carbocycles. The second-order valence-corrected chi connectivity index (χ2v) is 7.68.